The number of piperidine rings is 1. The summed E-state index contributed by atoms with van der Waals surface area (Å²) in [6, 6.07) is 4.49. The number of hydrogen-bond donors (Lipinski definition) is 4. The monoisotopic (exact) mass is 730 g/mol. The van der Waals surface area contributed by atoms with E-state index < -0.39 is 21.6 Å². The number of aryl methyl sites for hydroxylation is 2. The van der Waals surface area contributed by atoms with Gasteiger partial charge in [0, 0.05) is 48.7 Å². The Kier molecular flexibility index (Phi) is 8.57. The Balaban J connectivity index is 0.000000172. The van der Waals surface area contributed by atoms with E-state index in [1.807, 2.05) is 0 Å². The van der Waals surface area contributed by atoms with Crippen LogP contribution in [0.4, 0.5) is 22.0 Å². The molecule has 0 bridgehead atoms. The molecule has 13 nitrogen and oxygen atoms in total. The zero-order chi connectivity index (χ0) is 33.9. The van der Waals surface area contributed by atoms with Crippen molar-refractivity contribution in [1.29, 1.82) is 0 Å². The zero-order valence-electron chi connectivity index (χ0n) is 26.6. The Morgan fingerprint density at radius 2 is 1.49 bits per heavy atom. The highest BCUT2D eigenvalue weighted by Gasteiger charge is 2.45. The van der Waals surface area contributed by atoms with E-state index in [-0.39, 0.29) is 41.3 Å². The molecular formula is C32H36ClFN8O5S2. The van der Waals surface area contributed by atoms with Crippen molar-refractivity contribution >= 4 is 61.8 Å². The summed E-state index contributed by atoms with van der Waals surface area (Å²) in [7, 11) is -2.16. The number of benzene rings is 1. The van der Waals surface area contributed by atoms with Crippen LogP contribution in [0, 0.1) is 5.82 Å². The molecule has 260 valence electrons. The van der Waals surface area contributed by atoms with Crippen LogP contribution in [0.5, 0.6) is 0 Å². The van der Waals surface area contributed by atoms with E-state index in [4.69, 9.17) is 26.1 Å². The van der Waals surface area contributed by atoms with Gasteiger partial charge in [0.2, 0.25) is 11.2 Å². The molecule has 4 aromatic rings. The molecule has 2 saturated carbocycles. The summed E-state index contributed by atoms with van der Waals surface area (Å²) in [5.74, 6) is 2.79. The van der Waals surface area contributed by atoms with E-state index in [1.165, 1.54) is 12.1 Å². The molecule has 0 radical (unpaired) electrons. The fourth-order valence-electron chi connectivity index (χ4n) is 6.69. The average Bonchev–Trinajstić information content (AvgIpc) is 3.92. The van der Waals surface area contributed by atoms with Crippen LogP contribution in [0.1, 0.15) is 61.5 Å². The molecular weight excluding hydrogens is 695 g/mol. The SMILES string of the molecule is O=S1CCc2nc(Cl)nc(NC3(CO)CC3)c21.O=S1CCc2nc(N3CCC(c4noc5ccc(F)cc45)CC3)nc(NC3(CO)CC3)c21. The molecule has 9 rings (SSSR count). The highest BCUT2D eigenvalue weighted by atomic mass is 35.5. The highest BCUT2D eigenvalue weighted by Crippen LogP contribution is 2.42. The number of nitrogens with one attached hydrogen (secondary N) is 2. The van der Waals surface area contributed by atoms with Gasteiger partial charge in [-0.25, -0.2) is 14.4 Å². The van der Waals surface area contributed by atoms with Crippen LogP contribution in [0.15, 0.2) is 32.5 Å². The molecule has 49 heavy (non-hydrogen) atoms. The number of fused-ring (bicyclic) bond motifs is 3. The minimum Gasteiger partial charge on any atom is -0.394 e. The van der Waals surface area contributed by atoms with Crippen LogP contribution >= 0.6 is 11.6 Å². The van der Waals surface area contributed by atoms with Crippen molar-refractivity contribution < 1.29 is 27.5 Å². The third-order valence-corrected chi connectivity index (χ3v) is 13.1. The lowest BCUT2D eigenvalue weighted by Gasteiger charge is -2.32. The molecule has 5 aliphatic rings. The standard InChI is InChI=1S/C22H24FN5O3S.C10H12ClN3O2S/c23-14-1-2-17-15(11-14)18(27-31-17)13-3-8-28(9-4-13)21-24-16-5-10-32(30)19(16)20(25-21)26-22(12-29)6-7-22;11-9-12-6-1-4-17(16)7(6)8(13-9)14-10(5-15)2-3-10/h1-2,11,13,29H,3-10,12H2,(H,24,25,26);15H,1-5H2,(H,12,13,14). The number of aliphatic hydroxyl groups excluding tert-OH is 2. The first kappa shape index (κ1) is 32.9. The quantitative estimate of drug-likeness (QED) is 0.194. The zero-order valence-corrected chi connectivity index (χ0v) is 29.0. The van der Waals surface area contributed by atoms with Gasteiger partial charge in [-0.3, -0.25) is 8.42 Å². The van der Waals surface area contributed by atoms with Gasteiger partial charge in [0.05, 0.1) is 63.0 Å². The van der Waals surface area contributed by atoms with Gasteiger partial charge >= 0.3 is 0 Å². The number of hydrogen-bond acceptors (Lipinski definition) is 13. The summed E-state index contributed by atoms with van der Waals surface area (Å²) in [5, 5.41) is 30.7. The van der Waals surface area contributed by atoms with Crippen LogP contribution in [0.3, 0.4) is 0 Å². The number of aliphatic hydroxyl groups is 2. The lowest BCUT2D eigenvalue weighted by atomic mass is 9.92. The van der Waals surface area contributed by atoms with Gasteiger partial charge in [0.15, 0.2) is 5.58 Å². The minimum atomic E-state index is -1.11. The first-order valence-electron chi connectivity index (χ1n) is 16.5. The van der Waals surface area contributed by atoms with Crippen molar-refractivity contribution in [1.82, 2.24) is 25.1 Å². The van der Waals surface area contributed by atoms with Crippen molar-refractivity contribution in [2.24, 2.45) is 0 Å². The Morgan fingerprint density at radius 3 is 2.08 bits per heavy atom. The Hall–Kier alpha value is -3.31. The van der Waals surface area contributed by atoms with Gasteiger partial charge < -0.3 is 30.3 Å². The highest BCUT2D eigenvalue weighted by molar-refractivity contribution is 7.85. The summed E-state index contributed by atoms with van der Waals surface area (Å²) in [6.07, 6.45) is 6.54. The topological polar surface area (TPSA) is 179 Å². The Morgan fingerprint density at radius 1 is 0.898 bits per heavy atom. The van der Waals surface area contributed by atoms with Crippen LogP contribution in [0.2, 0.25) is 5.28 Å². The van der Waals surface area contributed by atoms with E-state index in [0.717, 1.165) is 74.1 Å². The molecule has 4 N–H and O–H groups in total. The molecule has 1 saturated heterocycles. The minimum absolute atomic E-state index is 0.0331. The predicted octanol–water partition coefficient (Wildman–Crippen LogP) is 3.47. The second kappa shape index (κ2) is 12.8. The second-order valence-corrected chi connectivity index (χ2v) is 16.8. The maximum atomic E-state index is 13.7. The van der Waals surface area contributed by atoms with Gasteiger partial charge in [-0.2, -0.15) is 9.97 Å². The average molecular weight is 731 g/mol. The van der Waals surface area contributed by atoms with Crippen molar-refractivity contribution in [3.05, 3.63) is 46.4 Å². The maximum Gasteiger partial charge on any atom is 0.227 e. The number of rotatable bonds is 8. The Bertz CT molecular complexity index is 1980. The second-order valence-electron chi connectivity index (χ2n) is 13.5. The molecule has 17 heteroatoms. The van der Waals surface area contributed by atoms with Crippen LogP contribution < -0.4 is 15.5 Å². The van der Waals surface area contributed by atoms with E-state index in [0.29, 0.717) is 57.3 Å². The van der Waals surface area contributed by atoms with Gasteiger partial charge in [0.25, 0.3) is 0 Å². The fourth-order valence-corrected chi connectivity index (χ4v) is 9.49. The van der Waals surface area contributed by atoms with Crippen molar-refractivity contribution in [2.45, 2.75) is 78.2 Å². The molecule has 2 atom stereocenters. The van der Waals surface area contributed by atoms with E-state index in [1.54, 1.807) is 6.07 Å². The lowest BCUT2D eigenvalue weighted by molar-refractivity contribution is 0.265. The molecule has 0 spiro atoms. The van der Waals surface area contributed by atoms with E-state index in [9.17, 15) is 23.0 Å². The molecule has 3 aromatic heterocycles. The first-order valence-corrected chi connectivity index (χ1v) is 19.5. The van der Waals surface area contributed by atoms with Crippen molar-refractivity contribution in [3.63, 3.8) is 0 Å². The normalized spacial score (nSPS) is 23.1. The molecule has 6 heterocycles. The third-order valence-electron chi connectivity index (χ3n) is 10.0. The summed E-state index contributed by atoms with van der Waals surface area (Å²) < 4.78 is 43.5. The fraction of sp³-hybridized carbons (Fsp3) is 0.531. The number of halogens is 2. The predicted molar refractivity (Wildman–Crippen MR) is 183 cm³/mol. The molecule has 2 unspecified atom stereocenters. The summed E-state index contributed by atoms with van der Waals surface area (Å²) in [6.45, 7) is 1.56. The maximum absolute atomic E-state index is 13.7. The summed E-state index contributed by atoms with van der Waals surface area (Å²) in [5.41, 5.74) is 2.38. The molecule has 1 aromatic carbocycles. The molecule has 3 fully saturated rings. The van der Waals surface area contributed by atoms with E-state index >= 15 is 0 Å². The molecule has 3 aliphatic heterocycles. The van der Waals surface area contributed by atoms with Crippen molar-refractivity contribution in [2.75, 3.05) is 53.3 Å². The largest absolute Gasteiger partial charge is 0.394 e. The number of nitrogens with zero attached hydrogens (tertiary/aromatic N) is 6. The summed E-state index contributed by atoms with van der Waals surface area (Å²) >= 11 is 5.85. The van der Waals surface area contributed by atoms with Gasteiger partial charge in [-0.05, 0) is 68.3 Å². The lowest BCUT2D eigenvalue weighted by Crippen LogP contribution is -2.35. The first-order chi connectivity index (χ1) is 23.7. The van der Waals surface area contributed by atoms with Gasteiger partial charge in [-0.1, -0.05) is 5.16 Å². The van der Waals surface area contributed by atoms with Crippen LogP contribution in [0.25, 0.3) is 11.0 Å². The van der Waals surface area contributed by atoms with E-state index in [2.05, 4.69) is 30.7 Å². The number of anilines is 3. The number of aromatic nitrogens is 5. The molecule has 0 amide bonds. The summed E-state index contributed by atoms with van der Waals surface area (Å²) in [4.78, 5) is 21.2. The van der Waals surface area contributed by atoms with Crippen LogP contribution in [-0.4, -0.2) is 92.6 Å². The van der Waals surface area contributed by atoms with Gasteiger partial charge in [0.1, 0.15) is 27.2 Å². The molecule has 2 aliphatic carbocycles. The smallest absolute Gasteiger partial charge is 0.227 e. The van der Waals surface area contributed by atoms with Gasteiger partial charge in [-0.15, -0.1) is 0 Å². The third kappa shape index (κ3) is 6.41. The van der Waals surface area contributed by atoms with Crippen molar-refractivity contribution in [3.8, 4) is 0 Å². The van der Waals surface area contributed by atoms with Crippen LogP contribution in [-0.2, 0) is 34.4 Å². The Labute approximate surface area is 291 Å².